The van der Waals surface area contributed by atoms with Crippen molar-refractivity contribution < 1.29 is 14.3 Å². The van der Waals surface area contributed by atoms with E-state index in [4.69, 9.17) is 21.1 Å². The minimum Gasteiger partial charge on any atom is -0.492 e. The highest BCUT2D eigenvalue weighted by Gasteiger charge is 2.26. The molecule has 1 fully saturated rings. The Balaban J connectivity index is 0.00000176. The van der Waals surface area contributed by atoms with Crippen LogP contribution in [0.5, 0.6) is 5.75 Å². The van der Waals surface area contributed by atoms with E-state index in [0.29, 0.717) is 37.0 Å². The first-order chi connectivity index (χ1) is 10.2. The molecule has 7 heteroatoms. The van der Waals surface area contributed by atoms with E-state index in [2.05, 4.69) is 10.6 Å². The van der Waals surface area contributed by atoms with E-state index in [9.17, 15) is 4.79 Å². The number of fused-ring (bicyclic) bond motifs is 1. The number of carbonyl (C=O) groups excluding carboxylic acids is 1. The van der Waals surface area contributed by atoms with Crippen LogP contribution in [0.4, 0.5) is 0 Å². The molecule has 2 atom stereocenters. The van der Waals surface area contributed by atoms with Crippen molar-refractivity contribution in [3.05, 3.63) is 28.8 Å². The van der Waals surface area contributed by atoms with Gasteiger partial charge < -0.3 is 20.1 Å². The van der Waals surface area contributed by atoms with Gasteiger partial charge in [-0.25, -0.2) is 0 Å². The second-order valence-electron chi connectivity index (χ2n) is 5.35. The Morgan fingerprint density at radius 1 is 1.41 bits per heavy atom. The number of carbonyl (C=O) groups is 1. The molecule has 2 N–H and O–H groups in total. The second-order valence-corrected chi connectivity index (χ2v) is 5.75. The highest BCUT2D eigenvalue weighted by atomic mass is 35.5. The molecular formula is C15H20Cl2N2O3. The van der Waals surface area contributed by atoms with Crippen molar-refractivity contribution in [2.24, 2.45) is 0 Å². The van der Waals surface area contributed by atoms with Crippen LogP contribution >= 0.6 is 24.0 Å². The van der Waals surface area contributed by atoms with Crippen molar-refractivity contribution in [2.75, 3.05) is 26.4 Å². The van der Waals surface area contributed by atoms with Gasteiger partial charge in [0, 0.05) is 31.0 Å². The first kappa shape index (κ1) is 17.3. The fourth-order valence-corrected chi connectivity index (χ4v) is 3.00. The van der Waals surface area contributed by atoms with Gasteiger partial charge in [-0.2, -0.15) is 0 Å². The third kappa shape index (κ3) is 4.04. The molecule has 122 valence electrons. The summed E-state index contributed by atoms with van der Waals surface area (Å²) in [6.07, 6.45) is 1.18. The lowest BCUT2D eigenvalue weighted by Gasteiger charge is -2.28. The van der Waals surface area contributed by atoms with Gasteiger partial charge in [-0.05, 0) is 6.07 Å². The monoisotopic (exact) mass is 346 g/mol. The van der Waals surface area contributed by atoms with Crippen LogP contribution in [0.25, 0.3) is 0 Å². The Hall–Kier alpha value is -1.01. The molecule has 0 aromatic heterocycles. The summed E-state index contributed by atoms with van der Waals surface area (Å²) in [6.45, 7) is 2.66. The standard InChI is InChI=1S/C15H19ClN2O3.ClH/c16-12-3-1-2-11-13(4-6-21-15(11)12)18-14(19)8-10-9-20-7-5-17-10;/h1-3,10,13,17H,4-9H2,(H,18,19);1H. The number of benzene rings is 1. The van der Waals surface area contributed by atoms with Crippen LogP contribution in [0.1, 0.15) is 24.4 Å². The van der Waals surface area contributed by atoms with Crippen molar-refractivity contribution in [2.45, 2.75) is 24.9 Å². The molecule has 0 saturated carbocycles. The summed E-state index contributed by atoms with van der Waals surface area (Å²) in [5, 5.41) is 6.95. The molecule has 3 rings (SSSR count). The van der Waals surface area contributed by atoms with E-state index in [1.165, 1.54) is 0 Å². The van der Waals surface area contributed by atoms with Gasteiger partial charge in [0.15, 0.2) is 0 Å². The van der Waals surface area contributed by atoms with Crippen LogP contribution < -0.4 is 15.4 Å². The molecular weight excluding hydrogens is 327 g/mol. The van der Waals surface area contributed by atoms with Crippen molar-refractivity contribution in [3.8, 4) is 5.75 Å². The smallest absolute Gasteiger partial charge is 0.222 e. The summed E-state index contributed by atoms with van der Waals surface area (Å²) in [6, 6.07) is 5.69. The largest absolute Gasteiger partial charge is 0.492 e. The van der Waals surface area contributed by atoms with Crippen LogP contribution in [0, 0.1) is 0 Å². The molecule has 2 aliphatic heterocycles. The molecule has 1 saturated heterocycles. The summed E-state index contributed by atoms with van der Waals surface area (Å²) >= 11 is 6.14. The number of ether oxygens (including phenoxy) is 2. The molecule has 2 aliphatic rings. The Kier molecular flexibility index (Phi) is 6.32. The van der Waals surface area contributed by atoms with Crippen LogP contribution in [0.3, 0.4) is 0 Å². The van der Waals surface area contributed by atoms with E-state index < -0.39 is 0 Å². The molecule has 2 unspecified atom stereocenters. The Morgan fingerprint density at radius 2 is 2.27 bits per heavy atom. The fourth-order valence-electron chi connectivity index (χ4n) is 2.76. The van der Waals surface area contributed by atoms with E-state index >= 15 is 0 Å². The maximum absolute atomic E-state index is 12.2. The van der Waals surface area contributed by atoms with E-state index in [1.54, 1.807) is 6.07 Å². The Morgan fingerprint density at radius 3 is 3.05 bits per heavy atom. The molecule has 0 radical (unpaired) electrons. The Bertz CT molecular complexity index is 522. The summed E-state index contributed by atoms with van der Waals surface area (Å²) in [5.41, 5.74) is 0.954. The summed E-state index contributed by atoms with van der Waals surface area (Å²) in [5.74, 6) is 0.714. The summed E-state index contributed by atoms with van der Waals surface area (Å²) in [7, 11) is 0. The molecule has 5 nitrogen and oxygen atoms in total. The van der Waals surface area contributed by atoms with Crippen LogP contribution in [0.2, 0.25) is 5.02 Å². The predicted molar refractivity (Wildman–Crippen MR) is 86.9 cm³/mol. The van der Waals surface area contributed by atoms with Crippen molar-refractivity contribution in [1.29, 1.82) is 0 Å². The van der Waals surface area contributed by atoms with E-state index in [1.807, 2.05) is 12.1 Å². The van der Waals surface area contributed by atoms with Gasteiger partial charge >= 0.3 is 0 Å². The minimum absolute atomic E-state index is 0. The number of hydrogen-bond donors (Lipinski definition) is 2. The van der Waals surface area contributed by atoms with Gasteiger partial charge in [0.1, 0.15) is 5.75 Å². The molecule has 2 heterocycles. The zero-order valence-corrected chi connectivity index (χ0v) is 13.7. The summed E-state index contributed by atoms with van der Waals surface area (Å²) in [4.78, 5) is 12.2. The van der Waals surface area contributed by atoms with Gasteiger partial charge in [0.25, 0.3) is 0 Å². The maximum Gasteiger partial charge on any atom is 0.222 e. The third-order valence-corrected chi connectivity index (χ3v) is 4.09. The lowest BCUT2D eigenvalue weighted by atomic mass is 10.00. The third-order valence-electron chi connectivity index (χ3n) is 3.79. The van der Waals surface area contributed by atoms with E-state index in [-0.39, 0.29) is 30.4 Å². The number of morpholine rings is 1. The van der Waals surface area contributed by atoms with Crippen molar-refractivity contribution in [1.82, 2.24) is 10.6 Å². The SMILES string of the molecule is Cl.O=C(CC1COCCN1)NC1CCOc2c(Cl)cccc21. The Labute approximate surface area is 141 Å². The average Bonchev–Trinajstić information content (AvgIpc) is 2.49. The van der Waals surface area contributed by atoms with E-state index in [0.717, 1.165) is 18.5 Å². The zero-order chi connectivity index (χ0) is 14.7. The molecule has 0 bridgehead atoms. The average molecular weight is 347 g/mol. The highest BCUT2D eigenvalue weighted by molar-refractivity contribution is 6.32. The normalized spacial score (nSPS) is 23.7. The summed E-state index contributed by atoms with van der Waals surface area (Å²) < 4.78 is 11.0. The molecule has 0 aliphatic carbocycles. The number of rotatable bonds is 3. The van der Waals surface area contributed by atoms with Gasteiger partial charge in [-0.1, -0.05) is 23.7 Å². The lowest BCUT2D eigenvalue weighted by Crippen LogP contribution is -2.45. The maximum atomic E-state index is 12.2. The van der Waals surface area contributed by atoms with Gasteiger partial charge in [-0.15, -0.1) is 12.4 Å². The van der Waals surface area contributed by atoms with Gasteiger partial charge in [0.05, 0.1) is 30.9 Å². The van der Waals surface area contributed by atoms with Crippen molar-refractivity contribution >= 4 is 29.9 Å². The molecule has 1 aromatic carbocycles. The predicted octanol–water partition coefficient (Wildman–Crippen LogP) is 2.08. The molecule has 1 amide bonds. The van der Waals surface area contributed by atoms with Gasteiger partial charge in [-0.3, -0.25) is 4.79 Å². The van der Waals surface area contributed by atoms with Crippen LogP contribution in [-0.2, 0) is 9.53 Å². The lowest BCUT2D eigenvalue weighted by molar-refractivity contribution is -0.123. The van der Waals surface area contributed by atoms with Gasteiger partial charge in [0.2, 0.25) is 5.91 Å². The number of nitrogens with one attached hydrogen (secondary N) is 2. The minimum atomic E-state index is -0.0375. The number of hydrogen-bond acceptors (Lipinski definition) is 4. The second kappa shape index (κ2) is 8.02. The quantitative estimate of drug-likeness (QED) is 0.879. The van der Waals surface area contributed by atoms with Crippen LogP contribution in [-0.4, -0.2) is 38.3 Å². The highest BCUT2D eigenvalue weighted by Crippen LogP contribution is 2.37. The fraction of sp³-hybridized carbons (Fsp3) is 0.533. The number of para-hydroxylation sites is 1. The van der Waals surface area contributed by atoms with Crippen LogP contribution in [0.15, 0.2) is 18.2 Å². The first-order valence-corrected chi connectivity index (χ1v) is 7.63. The molecule has 22 heavy (non-hydrogen) atoms. The first-order valence-electron chi connectivity index (χ1n) is 7.26. The molecule has 0 spiro atoms. The topological polar surface area (TPSA) is 59.6 Å². The number of halogens is 2. The van der Waals surface area contributed by atoms with Crippen molar-refractivity contribution in [3.63, 3.8) is 0 Å². The molecule has 1 aromatic rings. The number of amides is 1. The zero-order valence-electron chi connectivity index (χ0n) is 12.1.